The van der Waals surface area contributed by atoms with Crippen LogP contribution in [0.2, 0.25) is 5.02 Å². The van der Waals surface area contributed by atoms with E-state index in [0.29, 0.717) is 23.1 Å². The molecule has 10 heteroatoms. The maximum atomic E-state index is 13.1. The van der Waals surface area contributed by atoms with E-state index in [9.17, 15) is 17.6 Å². The molecule has 0 radical (unpaired) electrons. The maximum Gasteiger partial charge on any atom is 0.434 e. The Morgan fingerprint density at radius 3 is 2.68 bits per heavy atom. The SMILES string of the molecule is CCNC(=NCc1ccc(F)c(Cl)c1)NCc1nc(C(F)(F)F)cs1. The van der Waals surface area contributed by atoms with Crippen molar-refractivity contribution >= 4 is 28.9 Å². The van der Waals surface area contributed by atoms with Gasteiger partial charge in [-0.1, -0.05) is 17.7 Å². The Balaban J connectivity index is 1.99. The first-order valence-electron chi connectivity index (χ1n) is 7.27. The van der Waals surface area contributed by atoms with E-state index in [1.807, 2.05) is 6.92 Å². The third kappa shape index (κ3) is 5.86. The number of nitrogens with one attached hydrogen (secondary N) is 2. The van der Waals surface area contributed by atoms with E-state index in [0.717, 1.165) is 16.7 Å². The fraction of sp³-hybridized carbons (Fsp3) is 0.333. The minimum atomic E-state index is -4.45. The van der Waals surface area contributed by atoms with Crippen molar-refractivity contribution in [1.82, 2.24) is 15.6 Å². The first-order chi connectivity index (χ1) is 11.8. The van der Waals surface area contributed by atoms with Crippen LogP contribution >= 0.6 is 22.9 Å². The zero-order chi connectivity index (χ0) is 18.4. The summed E-state index contributed by atoms with van der Waals surface area (Å²) < 4.78 is 50.8. The maximum absolute atomic E-state index is 13.1. The predicted octanol–water partition coefficient (Wildman–Crippen LogP) is 4.21. The van der Waals surface area contributed by atoms with E-state index < -0.39 is 17.7 Å². The van der Waals surface area contributed by atoms with Gasteiger partial charge in [0.1, 0.15) is 10.8 Å². The molecule has 1 aromatic carbocycles. The molecular formula is C15H15ClF4N4S. The lowest BCUT2D eigenvalue weighted by atomic mass is 10.2. The van der Waals surface area contributed by atoms with Crippen LogP contribution in [0, 0.1) is 5.82 Å². The fourth-order valence-corrected chi connectivity index (χ4v) is 2.78. The highest BCUT2D eigenvalue weighted by atomic mass is 35.5. The molecule has 2 aromatic rings. The van der Waals surface area contributed by atoms with Gasteiger partial charge in [-0.25, -0.2) is 14.4 Å². The predicted molar refractivity (Wildman–Crippen MR) is 90.2 cm³/mol. The van der Waals surface area contributed by atoms with Crippen molar-refractivity contribution in [3.63, 3.8) is 0 Å². The molecule has 0 saturated heterocycles. The summed E-state index contributed by atoms with van der Waals surface area (Å²) in [5.41, 5.74) is -0.200. The smallest absolute Gasteiger partial charge is 0.357 e. The summed E-state index contributed by atoms with van der Waals surface area (Å²) in [6, 6.07) is 4.28. The highest BCUT2D eigenvalue weighted by Gasteiger charge is 2.33. The molecule has 0 spiro atoms. The number of hydrogen-bond donors (Lipinski definition) is 2. The summed E-state index contributed by atoms with van der Waals surface area (Å²) in [5.74, 6) is -0.102. The molecule has 0 aliphatic rings. The standard InChI is InChI=1S/C15H15ClF4N4S/c1-2-21-14(22-6-9-3-4-11(17)10(16)5-9)23-7-13-24-12(8-25-13)15(18,19)20/h3-5,8H,2,6-7H2,1H3,(H2,21,22,23). The largest absolute Gasteiger partial charge is 0.434 e. The zero-order valence-electron chi connectivity index (χ0n) is 13.1. The van der Waals surface area contributed by atoms with E-state index in [1.165, 1.54) is 12.1 Å². The Kier molecular flexibility index (Phi) is 6.60. The van der Waals surface area contributed by atoms with Gasteiger partial charge in [-0.05, 0) is 24.6 Å². The molecule has 0 fully saturated rings. The number of nitrogens with zero attached hydrogens (tertiary/aromatic N) is 2. The lowest BCUT2D eigenvalue weighted by molar-refractivity contribution is -0.140. The van der Waals surface area contributed by atoms with Gasteiger partial charge in [-0.2, -0.15) is 13.2 Å². The van der Waals surface area contributed by atoms with Crippen LogP contribution in [0.1, 0.15) is 23.2 Å². The third-order valence-corrected chi connectivity index (χ3v) is 4.14. The first-order valence-corrected chi connectivity index (χ1v) is 8.53. The summed E-state index contributed by atoms with van der Waals surface area (Å²) in [4.78, 5) is 7.84. The van der Waals surface area contributed by atoms with Crippen molar-refractivity contribution in [2.75, 3.05) is 6.54 Å². The van der Waals surface area contributed by atoms with Gasteiger partial charge in [-0.3, -0.25) is 0 Å². The second-order valence-corrected chi connectivity index (χ2v) is 6.27. The highest BCUT2D eigenvalue weighted by Crippen LogP contribution is 2.29. The van der Waals surface area contributed by atoms with E-state index in [-0.39, 0.29) is 18.1 Å². The minimum absolute atomic E-state index is 0.00752. The summed E-state index contributed by atoms with van der Waals surface area (Å²) in [7, 11) is 0. The molecule has 0 amide bonds. The normalized spacial score (nSPS) is 12.3. The van der Waals surface area contributed by atoms with Crippen molar-refractivity contribution in [1.29, 1.82) is 0 Å². The number of guanidine groups is 1. The van der Waals surface area contributed by atoms with Crippen molar-refractivity contribution < 1.29 is 17.6 Å². The summed E-state index contributed by atoms with van der Waals surface area (Å²) in [5, 5.41) is 7.16. The van der Waals surface area contributed by atoms with Crippen molar-refractivity contribution in [3.8, 4) is 0 Å². The fourth-order valence-electron chi connectivity index (χ4n) is 1.83. The summed E-state index contributed by atoms with van der Waals surface area (Å²) in [6.07, 6.45) is -4.45. The van der Waals surface area contributed by atoms with Gasteiger partial charge in [0.15, 0.2) is 11.7 Å². The Morgan fingerprint density at radius 1 is 1.32 bits per heavy atom. The number of rotatable bonds is 5. The van der Waals surface area contributed by atoms with Crippen LogP contribution in [0.5, 0.6) is 0 Å². The van der Waals surface area contributed by atoms with Crippen LogP contribution < -0.4 is 10.6 Å². The lowest BCUT2D eigenvalue weighted by Crippen LogP contribution is -2.36. The monoisotopic (exact) mass is 394 g/mol. The summed E-state index contributed by atoms with van der Waals surface area (Å²) in [6.45, 7) is 2.77. The van der Waals surface area contributed by atoms with Crippen LogP contribution in [-0.4, -0.2) is 17.5 Å². The molecule has 1 heterocycles. The first kappa shape index (κ1) is 19.5. The Labute approximate surface area is 150 Å². The molecule has 0 saturated carbocycles. The third-order valence-electron chi connectivity index (χ3n) is 3.00. The molecule has 2 rings (SSSR count). The van der Waals surface area contributed by atoms with Crippen molar-refractivity contribution in [2.45, 2.75) is 26.2 Å². The quantitative estimate of drug-likeness (QED) is 0.454. The number of alkyl halides is 3. The summed E-state index contributed by atoms with van der Waals surface area (Å²) >= 11 is 6.64. The molecular weight excluding hydrogens is 380 g/mol. The van der Waals surface area contributed by atoms with E-state index in [1.54, 1.807) is 6.07 Å². The topological polar surface area (TPSA) is 49.3 Å². The van der Waals surface area contributed by atoms with Gasteiger partial charge in [0.25, 0.3) is 0 Å². The molecule has 2 N–H and O–H groups in total. The second-order valence-electron chi connectivity index (χ2n) is 4.92. The van der Waals surface area contributed by atoms with Crippen LogP contribution in [0.3, 0.4) is 0 Å². The van der Waals surface area contributed by atoms with Crippen LogP contribution in [0.4, 0.5) is 17.6 Å². The average molecular weight is 395 g/mol. The van der Waals surface area contributed by atoms with Gasteiger partial charge in [0, 0.05) is 11.9 Å². The molecule has 1 aromatic heterocycles. The minimum Gasteiger partial charge on any atom is -0.357 e. The number of aliphatic imine (C=N–C) groups is 1. The molecule has 0 bridgehead atoms. The average Bonchev–Trinajstić information content (AvgIpc) is 3.02. The number of thiazole rings is 1. The van der Waals surface area contributed by atoms with Gasteiger partial charge in [0.2, 0.25) is 0 Å². The number of hydrogen-bond acceptors (Lipinski definition) is 3. The van der Waals surface area contributed by atoms with Gasteiger partial charge in [-0.15, -0.1) is 11.3 Å². The van der Waals surface area contributed by atoms with Gasteiger partial charge < -0.3 is 10.6 Å². The molecule has 136 valence electrons. The van der Waals surface area contributed by atoms with Gasteiger partial charge >= 0.3 is 6.18 Å². The lowest BCUT2D eigenvalue weighted by Gasteiger charge is -2.10. The molecule has 25 heavy (non-hydrogen) atoms. The second kappa shape index (κ2) is 8.48. The van der Waals surface area contributed by atoms with Crippen LogP contribution in [0.25, 0.3) is 0 Å². The van der Waals surface area contributed by atoms with E-state index >= 15 is 0 Å². The molecule has 0 atom stereocenters. The zero-order valence-corrected chi connectivity index (χ0v) is 14.7. The van der Waals surface area contributed by atoms with Crippen LogP contribution in [0.15, 0.2) is 28.6 Å². The van der Waals surface area contributed by atoms with Crippen molar-refractivity contribution in [2.24, 2.45) is 4.99 Å². The molecule has 0 aliphatic carbocycles. The number of benzene rings is 1. The highest BCUT2D eigenvalue weighted by molar-refractivity contribution is 7.09. The van der Waals surface area contributed by atoms with E-state index in [4.69, 9.17) is 11.6 Å². The Morgan fingerprint density at radius 2 is 2.08 bits per heavy atom. The number of halogens is 5. The molecule has 4 nitrogen and oxygen atoms in total. The van der Waals surface area contributed by atoms with Crippen LogP contribution in [-0.2, 0) is 19.3 Å². The molecule has 0 aliphatic heterocycles. The Bertz CT molecular complexity index is 745. The van der Waals surface area contributed by atoms with Crippen molar-refractivity contribution in [3.05, 3.63) is 50.7 Å². The molecule has 0 unspecified atom stereocenters. The van der Waals surface area contributed by atoms with E-state index in [2.05, 4.69) is 20.6 Å². The number of aromatic nitrogens is 1. The Hall–Kier alpha value is -1.87. The van der Waals surface area contributed by atoms with Gasteiger partial charge in [0.05, 0.1) is 18.1 Å².